The second kappa shape index (κ2) is 13.4. The average molecular weight is 789 g/mol. The van der Waals surface area contributed by atoms with Gasteiger partial charge in [0.15, 0.2) is 11.6 Å². The molecule has 0 atom stereocenters. The van der Waals surface area contributed by atoms with E-state index in [0.717, 1.165) is 38.5 Å². The van der Waals surface area contributed by atoms with Crippen LogP contribution in [0.2, 0.25) is 0 Å². The standard InChI is InChI=1S/C58H36N4/c1-3-16-37(17-4-1)38-30-32-40(33-31-38)56-59-55(39-18-5-2-6-19-39)60-57(61-56)62-52-29-14-10-23-46(52)48-36-41(34-35-53(48)62)42-24-15-25-47-45-22-9-13-28-51(45)58(54(42)47)49-26-11-7-20-43(49)44-21-8-12-27-50(44)58/h1-36H. The van der Waals surface area contributed by atoms with E-state index in [1.807, 2.05) is 24.3 Å². The lowest BCUT2D eigenvalue weighted by atomic mass is 9.68. The van der Waals surface area contributed by atoms with E-state index in [9.17, 15) is 0 Å². The molecule has 0 fully saturated rings. The Morgan fingerprint density at radius 3 is 1.42 bits per heavy atom. The van der Waals surface area contributed by atoms with Crippen LogP contribution in [0.1, 0.15) is 22.3 Å². The largest absolute Gasteiger partial charge is 0.278 e. The van der Waals surface area contributed by atoms with Crippen molar-refractivity contribution in [3.63, 3.8) is 0 Å². The van der Waals surface area contributed by atoms with Crippen molar-refractivity contribution >= 4 is 21.8 Å². The topological polar surface area (TPSA) is 43.6 Å². The molecular formula is C58H36N4. The highest BCUT2D eigenvalue weighted by Crippen LogP contribution is 2.64. The second-order valence-corrected chi connectivity index (χ2v) is 16.3. The van der Waals surface area contributed by atoms with E-state index in [4.69, 9.17) is 15.0 Å². The van der Waals surface area contributed by atoms with E-state index in [1.165, 1.54) is 61.2 Å². The third-order valence-electron chi connectivity index (χ3n) is 13.1. The van der Waals surface area contributed by atoms with Crippen molar-refractivity contribution in [2.45, 2.75) is 5.41 Å². The summed E-state index contributed by atoms with van der Waals surface area (Å²) in [6.07, 6.45) is 0. The van der Waals surface area contributed by atoms with Gasteiger partial charge in [0.05, 0.1) is 16.4 Å². The maximum Gasteiger partial charge on any atom is 0.238 e. The molecule has 2 aliphatic carbocycles. The van der Waals surface area contributed by atoms with Crippen LogP contribution in [0.15, 0.2) is 218 Å². The molecule has 0 radical (unpaired) electrons. The van der Waals surface area contributed by atoms with Gasteiger partial charge in [0.2, 0.25) is 5.95 Å². The van der Waals surface area contributed by atoms with Crippen molar-refractivity contribution in [3.05, 3.63) is 241 Å². The molecule has 0 saturated carbocycles. The Kier molecular flexibility index (Phi) is 7.49. The normalized spacial score (nSPS) is 13.0. The van der Waals surface area contributed by atoms with E-state index < -0.39 is 5.41 Å². The first-order valence-corrected chi connectivity index (χ1v) is 21.2. The summed E-state index contributed by atoms with van der Waals surface area (Å²) in [5, 5.41) is 2.28. The van der Waals surface area contributed by atoms with Crippen LogP contribution in [0.25, 0.3) is 95.0 Å². The number of aromatic nitrogens is 4. The lowest BCUT2D eigenvalue weighted by Crippen LogP contribution is -2.26. The number of rotatable bonds is 5. The van der Waals surface area contributed by atoms with Crippen LogP contribution in [-0.4, -0.2) is 19.5 Å². The molecule has 2 heterocycles. The fourth-order valence-corrected chi connectivity index (χ4v) is 10.5. The highest BCUT2D eigenvalue weighted by atomic mass is 15.2. The molecule has 288 valence electrons. The molecular weight excluding hydrogens is 753 g/mol. The van der Waals surface area contributed by atoms with Gasteiger partial charge in [-0.05, 0) is 85.0 Å². The molecule has 0 saturated heterocycles. The maximum atomic E-state index is 5.26. The summed E-state index contributed by atoms with van der Waals surface area (Å²) in [7, 11) is 0. The lowest BCUT2D eigenvalue weighted by Gasteiger charge is -2.32. The van der Waals surface area contributed by atoms with Gasteiger partial charge in [0.1, 0.15) is 0 Å². The van der Waals surface area contributed by atoms with E-state index >= 15 is 0 Å². The van der Waals surface area contributed by atoms with Crippen LogP contribution < -0.4 is 0 Å². The van der Waals surface area contributed by atoms with E-state index in [2.05, 4.69) is 199 Å². The average Bonchev–Trinajstić information content (AvgIpc) is 3.96. The number of hydrogen-bond donors (Lipinski definition) is 0. The summed E-state index contributed by atoms with van der Waals surface area (Å²) in [6.45, 7) is 0. The predicted molar refractivity (Wildman–Crippen MR) is 252 cm³/mol. The van der Waals surface area contributed by atoms with Crippen LogP contribution in [0.5, 0.6) is 0 Å². The van der Waals surface area contributed by atoms with Crippen molar-refractivity contribution in [3.8, 4) is 73.2 Å². The Balaban J connectivity index is 1.02. The monoisotopic (exact) mass is 788 g/mol. The number of para-hydroxylation sites is 1. The quantitative estimate of drug-likeness (QED) is 0.174. The highest BCUT2D eigenvalue weighted by Gasteiger charge is 2.52. The van der Waals surface area contributed by atoms with Crippen LogP contribution in [0.4, 0.5) is 0 Å². The number of nitrogens with zero attached hydrogens (tertiary/aromatic N) is 4. The molecule has 4 nitrogen and oxygen atoms in total. The van der Waals surface area contributed by atoms with Gasteiger partial charge in [0.25, 0.3) is 0 Å². The maximum absolute atomic E-state index is 5.26. The first-order valence-electron chi connectivity index (χ1n) is 21.2. The summed E-state index contributed by atoms with van der Waals surface area (Å²) in [5.74, 6) is 1.83. The Morgan fingerprint density at radius 2 is 0.758 bits per heavy atom. The van der Waals surface area contributed by atoms with Gasteiger partial charge in [-0.1, -0.05) is 200 Å². The zero-order chi connectivity index (χ0) is 40.8. The zero-order valence-corrected chi connectivity index (χ0v) is 33.6. The number of hydrogen-bond acceptors (Lipinski definition) is 3. The molecule has 0 amide bonds. The SMILES string of the molecule is c1ccc(-c2ccc(-c3nc(-c4ccccc4)nc(-n4c5ccccc5c5cc(-c6cccc7c6C6(c8ccccc8-c8ccccc86)c6ccccc6-7)ccc54)n3)cc2)cc1. The zero-order valence-electron chi connectivity index (χ0n) is 33.6. The Bertz CT molecular complexity index is 3500. The van der Waals surface area contributed by atoms with Crippen LogP contribution in [0.3, 0.4) is 0 Å². The molecule has 0 aliphatic heterocycles. The molecule has 62 heavy (non-hydrogen) atoms. The highest BCUT2D eigenvalue weighted by molar-refractivity contribution is 6.11. The minimum Gasteiger partial charge on any atom is -0.278 e. The first-order chi connectivity index (χ1) is 30.8. The van der Waals surface area contributed by atoms with Crippen molar-refractivity contribution in [1.29, 1.82) is 0 Å². The van der Waals surface area contributed by atoms with Crippen LogP contribution in [0, 0.1) is 0 Å². The van der Waals surface area contributed by atoms with Gasteiger partial charge in [-0.25, -0.2) is 4.98 Å². The van der Waals surface area contributed by atoms with E-state index in [-0.39, 0.29) is 0 Å². The van der Waals surface area contributed by atoms with E-state index in [0.29, 0.717) is 17.6 Å². The summed E-state index contributed by atoms with van der Waals surface area (Å²) in [4.78, 5) is 15.6. The molecule has 0 unspecified atom stereocenters. The molecule has 13 rings (SSSR count). The first kappa shape index (κ1) is 34.6. The van der Waals surface area contributed by atoms with Crippen LogP contribution >= 0.6 is 0 Å². The smallest absolute Gasteiger partial charge is 0.238 e. The van der Waals surface area contributed by atoms with E-state index in [1.54, 1.807) is 0 Å². The van der Waals surface area contributed by atoms with Crippen molar-refractivity contribution < 1.29 is 0 Å². The summed E-state index contributed by atoms with van der Waals surface area (Å²) in [5.41, 5.74) is 18.8. The van der Waals surface area contributed by atoms with Crippen molar-refractivity contribution in [1.82, 2.24) is 19.5 Å². The van der Waals surface area contributed by atoms with Gasteiger partial charge in [-0.3, -0.25) is 4.57 Å². The van der Waals surface area contributed by atoms with Gasteiger partial charge in [-0.15, -0.1) is 0 Å². The lowest BCUT2D eigenvalue weighted by molar-refractivity contribution is 0.796. The Hall–Kier alpha value is -8.21. The molecule has 2 aliphatic rings. The molecule has 0 bridgehead atoms. The van der Waals surface area contributed by atoms with Gasteiger partial charge in [-0.2, -0.15) is 9.97 Å². The van der Waals surface area contributed by atoms with Gasteiger partial charge in [0, 0.05) is 21.9 Å². The fourth-order valence-electron chi connectivity index (χ4n) is 10.5. The van der Waals surface area contributed by atoms with Gasteiger partial charge >= 0.3 is 0 Å². The van der Waals surface area contributed by atoms with Crippen molar-refractivity contribution in [2.75, 3.05) is 0 Å². The summed E-state index contributed by atoms with van der Waals surface area (Å²) < 4.78 is 2.21. The molecule has 1 spiro atoms. The predicted octanol–water partition coefficient (Wildman–Crippen LogP) is 14.0. The number of benzene rings is 9. The third-order valence-corrected chi connectivity index (χ3v) is 13.1. The summed E-state index contributed by atoms with van der Waals surface area (Å²) in [6, 6.07) is 78.6. The van der Waals surface area contributed by atoms with Crippen molar-refractivity contribution in [2.24, 2.45) is 0 Å². The van der Waals surface area contributed by atoms with Gasteiger partial charge < -0.3 is 0 Å². The molecule has 11 aromatic rings. The summed E-state index contributed by atoms with van der Waals surface area (Å²) >= 11 is 0. The number of fused-ring (bicyclic) bond motifs is 13. The van der Waals surface area contributed by atoms with Crippen LogP contribution in [-0.2, 0) is 5.41 Å². The minimum absolute atomic E-state index is 0.451. The Labute approximate surface area is 359 Å². The molecule has 0 N–H and O–H groups in total. The third kappa shape index (κ3) is 4.92. The minimum atomic E-state index is -0.451. The molecule has 2 aromatic heterocycles. The second-order valence-electron chi connectivity index (χ2n) is 16.3. The fraction of sp³-hybridized carbons (Fsp3) is 0.0172. The Morgan fingerprint density at radius 1 is 0.306 bits per heavy atom. The molecule has 4 heteroatoms. The molecule has 9 aromatic carbocycles.